The number of nitrogens with zero attached hydrogens (tertiary/aromatic N) is 1. The van der Waals surface area contributed by atoms with Gasteiger partial charge in [-0.3, -0.25) is 0 Å². The highest BCUT2D eigenvalue weighted by Gasteiger charge is 2.51. The third-order valence-electron chi connectivity index (χ3n) is 4.52. The van der Waals surface area contributed by atoms with Gasteiger partial charge < -0.3 is 9.31 Å². The molecule has 3 nitrogen and oxygen atoms in total. The third-order valence-corrected chi connectivity index (χ3v) is 5.06. The minimum Gasteiger partial charge on any atom is -0.399 e. The van der Waals surface area contributed by atoms with Crippen molar-refractivity contribution in [3.8, 4) is 11.1 Å². The summed E-state index contributed by atoms with van der Waals surface area (Å²) in [4.78, 5) is 4.29. The van der Waals surface area contributed by atoms with E-state index in [4.69, 9.17) is 32.5 Å². The van der Waals surface area contributed by atoms with E-state index in [1.807, 2.05) is 58.0 Å². The highest BCUT2D eigenvalue weighted by atomic mass is 35.5. The molecule has 120 valence electrons. The summed E-state index contributed by atoms with van der Waals surface area (Å²) in [5, 5.41) is 1.08. The normalized spacial score (nSPS) is 19.1. The van der Waals surface area contributed by atoms with E-state index in [1.165, 1.54) is 0 Å². The Morgan fingerprint density at radius 1 is 1.00 bits per heavy atom. The van der Waals surface area contributed by atoms with E-state index in [-0.39, 0.29) is 0 Å². The molecule has 1 aromatic carbocycles. The van der Waals surface area contributed by atoms with Crippen LogP contribution in [0, 0.1) is 0 Å². The van der Waals surface area contributed by atoms with Crippen LogP contribution in [0.4, 0.5) is 0 Å². The number of benzene rings is 1. The van der Waals surface area contributed by atoms with Gasteiger partial charge in [-0.2, -0.15) is 0 Å². The van der Waals surface area contributed by atoms with E-state index in [0.29, 0.717) is 10.2 Å². The summed E-state index contributed by atoms with van der Waals surface area (Å²) in [5.74, 6) is 0. The average Bonchev–Trinajstić information content (AvgIpc) is 2.68. The number of halogens is 2. The van der Waals surface area contributed by atoms with E-state index in [0.717, 1.165) is 16.6 Å². The predicted molar refractivity (Wildman–Crippen MR) is 95.4 cm³/mol. The second-order valence-corrected chi connectivity index (χ2v) is 7.50. The molecule has 6 heteroatoms. The fourth-order valence-corrected chi connectivity index (χ4v) is 2.83. The van der Waals surface area contributed by atoms with Gasteiger partial charge in [0.2, 0.25) is 0 Å². The van der Waals surface area contributed by atoms with Crippen LogP contribution < -0.4 is 5.46 Å². The Kier molecular flexibility index (Phi) is 4.22. The number of rotatable bonds is 2. The Morgan fingerprint density at radius 3 is 2.26 bits per heavy atom. The zero-order valence-electron chi connectivity index (χ0n) is 13.6. The molecule has 0 aliphatic carbocycles. The van der Waals surface area contributed by atoms with Gasteiger partial charge in [-0.25, -0.2) is 4.98 Å². The van der Waals surface area contributed by atoms with Gasteiger partial charge in [-0.1, -0.05) is 35.3 Å². The molecule has 0 bridgehead atoms. The van der Waals surface area contributed by atoms with E-state index >= 15 is 0 Å². The quantitative estimate of drug-likeness (QED) is 0.596. The van der Waals surface area contributed by atoms with E-state index in [9.17, 15) is 0 Å². The molecule has 0 N–H and O–H groups in total. The highest BCUT2D eigenvalue weighted by molar-refractivity contribution is 6.62. The average molecular weight is 350 g/mol. The van der Waals surface area contributed by atoms with Crippen molar-refractivity contribution in [1.29, 1.82) is 0 Å². The minimum absolute atomic E-state index is 0.395. The van der Waals surface area contributed by atoms with Crippen LogP contribution in [-0.2, 0) is 9.31 Å². The summed E-state index contributed by atoms with van der Waals surface area (Å²) in [5.41, 5.74) is 1.76. The summed E-state index contributed by atoms with van der Waals surface area (Å²) >= 11 is 12.3. The van der Waals surface area contributed by atoms with Gasteiger partial charge in [0, 0.05) is 22.2 Å². The van der Waals surface area contributed by atoms with Gasteiger partial charge in [-0.15, -0.1) is 0 Å². The first-order valence-corrected chi connectivity index (χ1v) is 8.22. The van der Waals surface area contributed by atoms with Crippen LogP contribution in [0.2, 0.25) is 10.2 Å². The van der Waals surface area contributed by atoms with Crippen LogP contribution in [-0.4, -0.2) is 23.3 Å². The predicted octanol–water partition coefficient (Wildman–Crippen LogP) is 4.35. The number of hydrogen-bond acceptors (Lipinski definition) is 3. The lowest BCUT2D eigenvalue weighted by Crippen LogP contribution is -2.41. The van der Waals surface area contributed by atoms with Crippen molar-refractivity contribution in [3.05, 3.63) is 46.7 Å². The minimum atomic E-state index is -0.470. The molecule has 1 aliphatic rings. The molecule has 0 spiro atoms. The largest absolute Gasteiger partial charge is 0.496 e. The first-order valence-electron chi connectivity index (χ1n) is 7.47. The van der Waals surface area contributed by atoms with Gasteiger partial charge in [0.25, 0.3) is 0 Å². The molecule has 2 aromatic rings. The zero-order valence-corrected chi connectivity index (χ0v) is 15.1. The number of aromatic nitrogens is 1. The molecule has 1 aliphatic heterocycles. The number of hydrogen-bond donors (Lipinski definition) is 0. The summed E-state index contributed by atoms with van der Waals surface area (Å²) in [7, 11) is -0.470. The first kappa shape index (κ1) is 16.8. The second-order valence-electron chi connectivity index (χ2n) is 6.71. The monoisotopic (exact) mass is 349 g/mol. The molecule has 0 unspecified atom stereocenters. The molecule has 1 aromatic heterocycles. The Hall–Kier alpha value is -1.07. The third kappa shape index (κ3) is 3.13. The van der Waals surface area contributed by atoms with Crippen LogP contribution in [0.25, 0.3) is 11.1 Å². The molecule has 1 fully saturated rings. The fourth-order valence-electron chi connectivity index (χ4n) is 2.43. The lowest BCUT2D eigenvalue weighted by atomic mass is 9.79. The van der Waals surface area contributed by atoms with Crippen molar-refractivity contribution in [3.63, 3.8) is 0 Å². The highest BCUT2D eigenvalue weighted by Crippen LogP contribution is 2.37. The lowest BCUT2D eigenvalue weighted by Gasteiger charge is -2.32. The van der Waals surface area contributed by atoms with Gasteiger partial charge in [0.15, 0.2) is 0 Å². The van der Waals surface area contributed by atoms with Crippen LogP contribution >= 0.6 is 23.2 Å². The summed E-state index contributed by atoms with van der Waals surface area (Å²) in [6.07, 6.45) is 1.69. The van der Waals surface area contributed by atoms with Crippen molar-refractivity contribution >= 4 is 35.8 Å². The fraction of sp³-hybridized carbons (Fsp3) is 0.353. The molecule has 1 saturated heterocycles. The zero-order chi connectivity index (χ0) is 16.8. The molecule has 0 radical (unpaired) electrons. The molecule has 0 atom stereocenters. The Labute approximate surface area is 147 Å². The molecule has 0 amide bonds. The first-order chi connectivity index (χ1) is 10.7. The standard InChI is InChI=1S/C17H18BCl2NO2/c1-16(2)17(3,4)23-18(22-16)12-9-14(15(20)21-10-12)11-6-5-7-13(19)8-11/h5-10H,1-4H3. The van der Waals surface area contributed by atoms with Gasteiger partial charge in [-0.05, 0) is 51.5 Å². The summed E-state index contributed by atoms with van der Waals surface area (Å²) in [6, 6.07) is 9.46. The second kappa shape index (κ2) is 5.78. The smallest absolute Gasteiger partial charge is 0.399 e. The lowest BCUT2D eigenvalue weighted by molar-refractivity contribution is 0.00578. The Balaban J connectivity index is 1.99. The topological polar surface area (TPSA) is 31.4 Å². The van der Waals surface area contributed by atoms with Crippen molar-refractivity contribution in [2.24, 2.45) is 0 Å². The molecule has 23 heavy (non-hydrogen) atoms. The molecular weight excluding hydrogens is 332 g/mol. The van der Waals surface area contributed by atoms with Crippen molar-refractivity contribution in [1.82, 2.24) is 4.98 Å². The summed E-state index contributed by atoms with van der Waals surface area (Å²) in [6.45, 7) is 8.09. The molecule has 0 saturated carbocycles. The molecular formula is C17H18BCl2NO2. The number of pyridine rings is 1. The maximum atomic E-state index is 6.27. The van der Waals surface area contributed by atoms with E-state index < -0.39 is 18.3 Å². The molecule has 3 rings (SSSR count). The van der Waals surface area contributed by atoms with E-state index in [2.05, 4.69) is 4.98 Å². The molecule has 2 heterocycles. The van der Waals surface area contributed by atoms with Gasteiger partial charge in [0.1, 0.15) is 5.15 Å². The Morgan fingerprint density at radius 2 is 1.65 bits per heavy atom. The van der Waals surface area contributed by atoms with Crippen LogP contribution in [0.15, 0.2) is 36.5 Å². The van der Waals surface area contributed by atoms with Crippen molar-refractivity contribution < 1.29 is 9.31 Å². The van der Waals surface area contributed by atoms with Crippen LogP contribution in [0.3, 0.4) is 0 Å². The van der Waals surface area contributed by atoms with Crippen molar-refractivity contribution in [2.45, 2.75) is 38.9 Å². The van der Waals surface area contributed by atoms with E-state index in [1.54, 1.807) is 6.20 Å². The maximum Gasteiger partial charge on any atom is 0.496 e. The van der Waals surface area contributed by atoms with Crippen molar-refractivity contribution in [2.75, 3.05) is 0 Å². The Bertz CT molecular complexity index is 733. The van der Waals surface area contributed by atoms with Gasteiger partial charge in [0.05, 0.1) is 11.2 Å². The van der Waals surface area contributed by atoms with Crippen LogP contribution in [0.5, 0.6) is 0 Å². The van der Waals surface area contributed by atoms with Crippen LogP contribution in [0.1, 0.15) is 27.7 Å². The van der Waals surface area contributed by atoms with Gasteiger partial charge >= 0.3 is 7.12 Å². The summed E-state index contributed by atoms with van der Waals surface area (Å²) < 4.78 is 12.1. The SMILES string of the molecule is CC1(C)OB(c2cnc(Cl)c(-c3cccc(Cl)c3)c2)OC1(C)C. The maximum absolute atomic E-state index is 6.27.